The van der Waals surface area contributed by atoms with E-state index in [4.69, 9.17) is 28.4 Å². The fourth-order valence-electron chi connectivity index (χ4n) is 6.13. The molecule has 326 valence electrons. The van der Waals surface area contributed by atoms with E-state index >= 15 is 0 Å². The molecule has 0 radical (unpaired) electrons. The molecule has 0 atom stereocenters. The molecule has 0 amide bonds. The van der Waals surface area contributed by atoms with E-state index in [0.717, 1.165) is 79.9 Å². The number of benzene rings is 5. The van der Waals surface area contributed by atoms with Crippen LogP contribution < -0.4 is 18.9 Å². The Labute approximate surface area is 367 Å². The van der Waals surface area contributed by atoms with Crippen LogP contribution in [0.1, 0.15) is 90.1 Å². The first kappa shape index (κ1) is 46.7. The molecule has 5 rings (SSSR count). The smallest absolute Gasteiger partial charge is 0.343 e. The first-order valence-electron chi connectivity index (χ1n) is 20.9. The van der Waals surface area contributed by atoms with Crippen molar-refractivity contribution in [2.24, 2.45) is 10.2 Å². The minimum Gasteiger partial charge on any atom is -0.494 e. The van der Waals surface area contributed by atoms with Crippen molar-refractivity contribution in [2.45, 2.75) is 58.3 Å². The third-order valence-corrected chi connectivity index (χ3v) is 9.56. The molecule has 0 saturated carbocycles. The van der Waals surface area contributed by atoms with Gasteiger partial charge in [0.15, 0.2) is 0 Å². The molecule has 0 fully saturated rings. The van der Waals surface area contributed by atoms with Gasteiger partial charge in [-0.25, -0.2) is 19.2 Å². The molecule has 0 aromatic heterocycles. The standard InChI is InChI=1S/C51H52N2O10/c1-4-48(54)60-32-14-8-6-12-30-58-43-24-20-40(21-25-43)50(56)62-45-28-29-47(46(35-45)37(3)53-52-36-38-18-19-39-16-10-11-17-42(39)34-38)63-51(57)41-22-26-44(27-23-41)59-31-13-7-9-15-33-61-49(55)5-2/h4-5,10-11,16-29,34-36H,1-2,6-9,12-15,30-33H2,3H3/b52-36+,53-37+. The minimum atomic E-state index is -0.606. The van der Waals surface area contributed by atoms with Crippen LogP contribution in [-0.2, 0) is 19.1 Å². The van der Waals surface area contributed by atoms with Gasteiger partial charge in [0.25, 0.3) is 0 Å². The Bertz CT molecular complexity index is 2390. The van der Waals surface area contributed by atoms with Crippen LogP contribution in [0.4, 0.5) is 0 Å². The molecule has 0 N–H and O–H groups in total. The summed E-state index contributed by atoms with van der Waals surface area (Å²) in [6.45, 7) is 10.2. The van der Waals surface area contributed by atoms with Gasteiger partial charge in [-0.2, -0.15) is 10.2 Å². The van der Waals surface area contributed by atoms with E-state index < -0.39 is 23.9 Å². The van der Waals surface area contributed by atoms with Gasteiger partial charge in [-0.1, -0.05) is 49.6 Å². The second kappa shape index (κ2) is 25.4. The molecule has 0 bridgehead atoms. The normalized spacial score (nSPS) is 11.2. The summed E-state index contributed by atoms with van der Waals surface area (Å²) in [5.41, 5.74) is 2.28. The quantitative estimate of drug-likeness (QED) is 0.0139. The average molecular weight is 853 g/mol. The molecule has 0 spiro atoms. The van der Waals surface area contributed by atoms with Crippen molar-refractivity contribution in [1.29, 1.82) is 0 Å². The number of rotatable bonds is 25. The molecule has 12 nitrogen and oxygen atoms in total. The van der Waals surface area contributed by atoms with E-state index in [1.54, 1.807) is 79.9 Å². The zero-order valence-electron chi connectivity index (χ0n) is 35.5. The van der Waals surface area contributed by atoms with Gasteiger partial charge < -0.3 is 28.4 Å². The third kappa shape index (κ3) is 15.9. The summed E-state index contributed by atoms with van der Waals surface area (Å²) < 4.78 is 33.3. The second-order valence-corrected chi connectivity index (χ2v) is 14.3. The average Bonchev–Trinajstić information content (AvgIpc) is 3.31. The first-order chi connectivity index (χ1) is 30.7. The fourth-order valence-corrected chi connectivity index (χ4v) is 6.13. The van der Waals surface area contributed by atoms with Crippen molar-refractivity contribution in [3.05, 3.63) is 157 Å². The maximum Gasteiger partial charge on any atom is 0.343 e. The van der Waals surface area contributed by atoms with Crippen molar-refractivity contribution in [3.8, 4) is 23.0 Å². The molecule has 5 aromatic rings. The Morgan fingerprint density at radius 2 is 1.05 bits per heavy atom. The molecule has 0 aliphatic heterocycles. The number of hydrogen-bond acceptors (Lipinski definition) is 12. The highest BCUT2D eigenvalue weighted by molar-refractivity contribution is 6.03. The summed E-state index contributed by atoms with van der Waals surface area (Å²) in [6.07, 6.45) is 10.8. The Balaban J connectivity index is 1.20. The van der Waals surface area contributed by atoms with Crippen LogP contribution in [0.25, 0.3) is 10.8 Å². The molecule has 0 unspecified atom stereocenters. The SMILES string of the molecule is C=CC(=O)OCCCCCCOc1ccc(C(=O)Oc2ccc(OC(=O)c3ccc(OCCCCCCOC(=O)C=C)cc3)c(/C(C)=N/N=C/c3ccc4ccccc4c3)c2)cc1. The number of nitrogens with zero attached hydrogens (tertiary/aromatic N) is 2. The molecule has 0 heterocycles. The van der Waals surface area contributed by atoms with Gasteiger partial charge in [-0.3, -0.25) is 0 Å². The molecular formula is C51H52N2O10. The number of fused-ring (bicyclic) bond motifs is 1. The van der Waals surface area contributed by atoms with Crippen LogP contribution in [0.5, 0.6) is 23.0 Å². The largest absolute Gasteiger partial charge is 0.494 e. The number of carbonyl (C=O) groups excluding carboxylic acids is 4. The van der Waals surface area contributed by atoms with Gasteiger partial charge in [0.2, 0.25) is 0 Å². The van der Waals surface area contributed by atoms with Gasteiger partial charge >= 0.3 is 23.9 Å². The van der Waals surface area contributed by atoms with Gasteiger partial charge in [0, 0.05) is 17.7 Å². The third-order valence-electron chi connectivity index (χ3n) is 9.56. The molecule has 12 heteroatoms. The molecule has 63 heavy (non-hydrogen) atoms. The predicted octanol–water partition coefficient (Wildman–Crippen LogP) is 10.5. The lowest BCUT2D eigenvalue weighted by Gasteiger charge is -2.13. The molecule has 0 aliphatic carbocycles. The number of unbranched alkanes of at least 4 members (excludes halogenated alkanes) is 6. The Morgan fingerprint density at radius 3 is 1.60 bits per heavy atom. The monoisotopic (exact) mass is 852 g/mol. The van der Waals surface area contributed by atoms with Crippen molar-refractivity contribution in [2.75, 3.05) is 26.4 Å². The highest BCUT2D eigenvalue weighted by Gasteiger charge is 2.17. The van der Waals surface area contributed by atoms with Gasteiger partial charge in [-0.05, 0) is 147 Å². The second-order valence-electron chi connectivity index (χ2n) is 14.3. The maximum atomic E-state index is 13.4. The van der Waals surface area contributed by atoms with E-state index in [2.05, 4.69) is 23.4 Å². The zero-order valence-corrected chi connectivity index (χ0v) is 35.5. The van der Waals surface area contributed by atoms with Crippen LogP contribution in [0.15, 0.2) is 145 Å². The molecule has 0 aliphatic rings. The molecular weight excluding hydrogens is 801 g/mol. The Hall–Kier alpha value is -7.34. The summed E-state index contributed by atoms with van der Waals surface area (Å²) >= 11 is 0. The summed E-state index contributed by atoms with van der Waals surface area (Å²) in [4.78, 5) is 48.9. The predicted molar refractivity (Wildman–Crippen MR) is 243 cm³/mol. The zero-order chi connectivity index (χ0) is 44.7. The molecule has 5 aromatic carbocycles. The van der Waals surface area contributed by atoms with Crippen molar-refractivity contribution in [3.63, 3.8) is 0 Å². The first-order valence-corrected chi connectivity index (χ1v) is 20.9. The number of esters is 4. The van der Waals surface area contributed by atoms with E-state index in [1.165, 1.54) is 0 Å². The summed E-state index contributed by atoms with van der Waals surface area (Å²) in [7, 11) is 0. The summed E-state index contributed by atoms with van der Waals surface area (Å²) in [5.74, 6) is -0.398. The highest BCUT2D eigenvalue weighted by Crippen LogP contribution is 2.28. The topological polar surface area (TPSA) is 148 Å². The van der Waals surface area contributed by atoms with Crippen LogP contribution >= 0.6 is 0 Å². The van der Waals surface area contributed by atoms with Gasteiger partial charge in [0.1, 0.15) is 23.0 Å². The number of ether oxygens (including phenoxy) is 6. The number of hydrogen-bond donors (Lipinski definition) is 0. The summed E-state index contributed by atoms with van der Waals surface area (Å²) in [5, 5.41) is 10.9. The van der Waals surface area contributed by atoms with Crippen molar-refractivity contribution in [1.82, 2.24) is 0 Å². The maximum absolute atomic E-state index is 13.4. The van der Waals surface area contributed by atoms with E-state index in [9.17, 15) is 19.2 Å². The van der Waals surface area contributed by atoms with Crippen LogP contribution in [-0.4, -0.2) is 62.2 Å². The highest BCUT2D eigenvalue weighted by atomic mass is 16.5. The lowest BCUT2D eigenvalue weighted by atomic mass is 10.1. The molecule has 0 saturated heterocycles. The van der Waals surface area contributed by atoms with Crippen LogP contribution in [0.3, 0.4) is 0 Å². The summed E-state index contributed by atoms with van der Waals surface area (Å²) in [6, 6.07) is 32.0. The minimum absolute atomic E-state index is 0.194. The Morgan fingerprint density at radius 1 is 0.540 bits per heavy atom. The van der Waals surface area contributed by atoms with Crippen molar-refractivity contribution < 1.29 is 47.6 Å². The van der Waals surface area contributed by atoms with Gasteiger partial charge in [-0.15, -0.1) is 0 Å². The fraction of sp³-hybridized carbons (Fsp3) is 0.255. The van der Waals surface area contributed by atoms with Crippen molar-refractivity contribution >= 4 is 46.6 Å². The van der Waals surface area contributed by atoms with E-state index in [-0.39, 0.29) is 11.5 Å². The lowest BCUT2D eigenvalue weighted by Crippen LogP contribution is -2.12. The van der Waals surface area contributed by atoms with Crippen LogP contribution in [0.2, 0.25) is 0 Å². The van der Waals surface area contributed by atoms with E-state index in [1.807, 2.05) is 42.5 Å². The van der Waals surface area contributed by atoms with E-state index in [0.29, 0.717) is 60.3 Å². The number of carbonyl (C=O) groups is 4. The Kier molecular flexibility index (Phi) is 18.9. The van der Waals surface area contributed by atoms with Crippen LogP contribution in [0, 0.1) is 0 Å². The lowest BCUT2D eigenvalue weighted by molar-refractivity contribution is -0.138. The van der Waals surface area contributed by atoms with Gasteiger partial charge in [0.05, 0.1) is 49.5 Å².